The molecule has 0 bridgehead atoms. The molecule has 0 aromatic heterocycles. The number of hydrogen-bond donors (Lipinski definition) is 2. The predicted octanol–water partition coefficient (Wildman–Crippen LogP) is 3.31. The van der Waals surface area contributed by atoms with Gasteiger partial charge < -0.3 is 24.7 Å². The highest BCUT2D eigenvalue weighted by Crippen LogP contribution is 2.29. The van der Waals surface area contributed by atoms with Gasteiger partial charge in [0, 0.05) is 31.7 Å². The van der Waals surface area contributed by atoms with Gasteiger partial charge in [0.1, 0.15) is 5.75 Å². The van der Waals surface area contributed by atoms with E-state index in [0.29, 0.717) is 0 Å². The second-order valence-corrected chi connectivity index (χ2v) is 7.30. The molecule has 0 aliphatic carbocycles. The summed E-state index contributed by atoms with van der Waals surface area (Å²) in [6.45, 7) is 10.3. The molecule has 2 aromatic rings. The average Bonchev–Trinajstić information content (AvgIpc) is 2.80. The van der Waals surface area contributed by atoms with Gasteiger partial charge in [-0.05, 0) is 37.6 Å². The van der Waals surface area contributed by atoms with Crippen LogP contribution in [0.15, 0.2) is 54.6 Å². The van der Waals surface area contributed by atoms with Gasteiger partial charge in [-0.1, -0.05) is 55.5 Å². The Bertz CT molecular complexity index is 793. The number of carbonyl (C=O) groups is 2. The molecule has 2 N–H and O–H groups in total. The van der Waals surface area contributed by atoms with Crippen LogP contribution in [0.3, 0.4) is 0 Å². The molecule has 1 aliphatic rings. The Morgan fingerprint density at radius 3 is 2.03 bits per heavy atom. The minimum Gasteiger partial charge on any atom is -0.493 e. The highest BCUT2D eigenvalue weighted by molar-refractivity contribution is 6.27. The van der Waals surface area contributed by atoms with Crippen LogP contribution in [-0.2, 0) is 9.59 Å². The molecule has 2 aromatic carbocycles. The number of unbranched alkanes of at least 4 members (excludes halogenated alkanes) is 1. The molecular weight excluding hydrogens is 396 g/mol. The second-order valence-electron chi connectivity index (χ2n) is 7.30. The molecule has 1 aliphatic heterocycles. The number of benzene rings is 2. The predicted molar refractivity (Wildman–Crippen MR) is 120 cm³/mol. The van der Waals surface area contributed by atoms with E-state index in [-0.39, 0.29) is 0 Å². The van der Waals surface area contributed by atoms with Crippen LogP contribution in [0, 0.1) is 0 Å². The summed E-state index contributed by atoms with van der Waals surface area (Å²) in [5.74, 6) is -2.66. The minimum atomic E-state index is -1.82. The van der Waals surface area contributed by atoms with Crippen molar-refractivity contribution < 1.29 is 24.5 Å². The zero-order valence-electron chi connectivity index (χ0n) is 18.1. The fourth-order valence-electron chi connectivity index (χ4n) is 3.40. The Hall–Kier alpha value is -2.90. The van der Waals surface area contributed by atoms with Crippen molar-refractivity contribution in [1.82, 2.24) is 9.80 Å². The van der Waals surface area contributed by atoms with Crippen LogP contribution in [0.2, 0.25) is 0 Å². The first-order valence-electron chi connectivity index (χ1n) is 10.7. The van der Waals surface area contributed by atoms with E-state index in [1.807, 2.05) is 6.07 Å². The van der Waals surface area contributed by atoms with Crippen molar-refractivity contribution in [2.45, 2.75) is 19.8 Å². The number of ether oxygens (including phenoxy) is 1. The van der Waals surface area contributed by atoms with Gasteiger partial charge >= 0.3 is 11.9 Å². The Morgan fingerprint density at radius 1 is 0.839 bits per heavy atom. The summed E-state index contributed by atoms with van der Waals surface area (Å²) in [5, 5.41) is 14.8. The number of carboxylic acids is 2. The van der Waals surface area contributed by atoms with Crippen LogP contribution in [0.1, 0.15) is 19.8 Å². The van der Waals surface area contributed by atoms with E-state index in [0.717, 1.165) is 18.8 Å². The lowest BCUT2D eigenvalue weighted by atomic mass is 10.1. The Kier molecular flexibility index (Phi) is 10.5. The lowest BCUT2D eigenvalue weighted by Gasteiger charge is -2.33. The first kappa shape index (κ1) is 24.4. The van der Waals surface area contributed by atoms with Gasteiger partial charge in [0.05, 0.1) is 6.61 Å². The van der Waals surface area contributed by atoms with Crippen LogP contribution < -0.4 is 4.74 Å². The maximum absolute atomic E-state index is 9.10. The molecule has 1 saturated heterocycles. The number of nitrogens with zero attached hydrogens (tertiary/aromatic N) is 2. The van der Waals surface area contributed by atoms with Gasteiger partial charge in [-0.2, -0.15) is 0 Å². The van der Waals surface area contributed by atoms with Gasteiger partial charge in [0.15, 0.2) is 0 Å². The van der Waals surface area contributed by atoms with Crippen molar-refractivity contribution in [3.63, 3.8) is 0 Å². The molecule has 0 amide bonds. The monoisotopic (exact) mass is 428 g/mol. The summed E-state index contributed by atoms with van der Waals surface area (Å²) >= 11 is 0. The third-order valence-corrected chi connectivity index (χ3v) is 5.19. The van der Waals surface area contributed by atoms with Crippen molar-refractivity contribution in [3.8, 4) is 16.9 Å². The number of piperazine rings is 1. The molecule has 7 nitrogen and oxygen atoms in total. The molecule has 0 radical (unpaired) electrons. The summed E-state index contributed by atoms with van der Waals surface area (Å²) < 4.78 is 6.09. The normalized spacial score (nSPS) is 14.4. The maximum Gasteiger partial charge on any atom is 0.414 e. The third-order valence-electron chi connectivity index (χ3n) is 5.19. The second kappa shape index (κ2) is 13.4. The maximum atomic E-state index is 9.10. The van der Waals surface area contributed by atoms with Gasteiger partial charge in [0.2, 0.25) is 0 Å². The van der Waals surface area contributed by atoms with E-state index < -0.39 is 11.9 Å². The topological polar surface area (TPSA) is 90.3 Å². The van der Waals surface area contributed by atoms with Crippen LogP contribution in [0.4, 0.5) is 0 Å². The Morgan fingerprint density at radius 2 is 1.42 bits per heavy atom. The summed E-state index contributed by atoms with van der Waals surface area (Å²) in [4.78, 5) is 23.3. The van der Waals surface area contributed by atoms with Crippen LogP contribution in [-0.4, -0.2) is 77.8 Å². The number of likely N-dealkylation sites (N-methyl/N-ethyl adjacent to an activating group) is 1. The van der Waals surface area contributed by atoms with Gasteiger partial charge in [-0.15, -0.1) is 0 Å². The van der Waals surface area contributed by atoms with E-state index in [1.165, 1.54) is 56.8 Å². The highest BCUT2D eigenvalue weighted by Gasteiger charge is 2.14. The largest absolute Gasteiger partial charge is 0.493 e. The van der Waals surface area contributed by atoms with Gasteiger partial charge in [-0.3, -0.25) is 0 Å². The molecule has 0 unspecified atom stereocenters. The number of aliphatic carboxylic acids is 2. The van der Waals surface area contributed by atoms with E-state index in [1.54, 1.807) is 0 Å². The van der Waals surface area contributed by atoms with Crippen molar-refractivity contribution in [2.75, 3.05) is 45.9 Å². The van der Waals surface area contributed by atoms with Gasteiger partial charge in [0.25, 0.3) is 0 Å². The fraction of sp³-hybridized carbons (Fsp3) is 0.417. The highest BCUT2D eigenvalue weighted by atomic mass is 16.5. The van der Waals surface area contributed by atoms with E-state index >= 15 is 0 Å². The summed E-state index contributed by atoms with van der Waals surface area (Å²) in [6.07, 6.45) is 2.32. The van der Waals surface area contributed by atoms with Crippen LogP contribution in [0.5, 0.6) is 5.75 Å². The number of hydrogen-bond acceptors (Lipinski definition) is 5. The zero-order chi connectivity index (χ0) is 22.5. The lowest BCUT2D eigenvalue weighted by molar-refractivity contribution is -0.159. The molecule has 1 heterocycles. The van der Waals surface area contributed by atoms with Crippen molar-refractivity contribution in [2.24, 2.45) is 0 Å². The molecule has 0 atom stereocenters. The number of para-hydroxylation sites is 1. The van der Waals surface area contributed by atoms with Crippen LogP contribution in [0.25, 0.3) is 11.1 Å². The Balaban J connectivity index is 0.000000501. The minimum absolute atomic E-state index is 0.790. The molecule has 3 rings (SSSR count). The van der Waals surface area contributed by atoms with E-state index in [2.05, 4.69) is 65.3 Å². The van der Waals surface area contributed by atoms with Crippen molar-refractivity contribution in [1.29, 1.82) is 0 Å². The molecule has 7 heteroatoms. The lowest BCUT2D eigenvalue weighted by Crippen LogP contribution is -2.46. The number of carboxylic acid groups (broad SMARTS) is 2. The summed E-state index contributed by atoms with van der Waals surface area (Å²) in [5.41, 5.74) is 2.39. The van der Waals surface area contributed by atoms with Crippen molar-refractivity contribution >= 4 is 11.9 Å². The fourth-order valence-corrected chi connectivity index (χ4v) is 3.40. The van der Waals surface area contributed by atoms with Gasteiger partial charge in [-0.25, -0.2) is 9.59 Å². The average molecular weight is 429 g/mol. The molecule has 168 valence electrons. The molecule has 31 heavy (non-hydrogen) atoms. The SMILES string of the molecule is CCN1CCN(CCCCOc2ccccc2-c2ccccc2)CC1.O=C(O)C(=O)O. The third kappa shape index (κ3) is 8.78. The first-order valence-corrected chi connectivity index (χ1v) is 10.7. The van der Waals surface area contributed by atoms with Crippen molar-refractivity contribution in [3.05, 3.63) is 54.6 Å². The zero-order valence-corrected chi connectivity index (χ0v) is 18.1. The first-order chi connectivity index (χ1) is 15.0. The summed E-state index contributed by atoms with van der Waals surface area (Å²) in [7, 11) is 0. The molecule has 1 fully saturated rings. The molecule has 0 saturated carbocycles. The standard InChI is InChI=1S/C22H30N2O.C2H2O4/c1-2-23-15-17-24(18-16-23)14-8-9-19-25-22-13-7-6-12-21(22)20-10-4-3-5-11-20;3-1(4)2(5)6/h3-7,10-13H,2,8-9,14-19H2,1H3;(H,3,4)(H,5,6). The Labute approximate surface area is 183 Å². The van der Waals surface area contributed by atoms with E-state index in [9.17, 15) is 0 Å². The number of rotatable bonds is 8. The quantitative estimate of drug-likeness (QED) is 0.492. The smallest absolute Gasteiger partial charge is 0.414 e. The van der Waals surface area contributed by atoms with E-state index in [4.69, 9.17) is 24.5 Å². The summed E-state index contributed by atoms with van der Waals surface area (Å²) in [6, 6.07) is 18.8. The van der Waals surface area contributed by atoms with Crippen LogP contribution >= 0.6 is 0 Å². The molecular formula is C24H32N2O5. The molecule has 0 spiro atoms.